The zero-order valence-corrected chi connectivity index (χ0v) is 13.6. The summed E-state index contributed by atoms with van der Waals surface area (Å²) in [6.07, 6.45) is 7.14. The Bertz CT molecular complexity index is 270. The Labute approximate surface area is 124 Å². The summed E-state index contributed by atoms with van der Waals surface area (Å²) in [5, 5.41) is 0. The van der Waals surface area contributed by atoms with Gasteiger partial charge in [-0.1, -0.05) is 0 Å². The quantitative estimate of drug-likeness (QED) is 0.494. The van der Waals surface area contributed by atoms with Crippen molar-refractivity contribution in [2.45, 2.75) is 26.7 Å². The second-order valence-electron chi connectivity index (χ2n) is 4.98. The van der Waals surface area contributed by atoms with Crippen molar-refractivity contribution < 1.29 is 45.2 Å². The van der Waals surface area contributed by atoms with Gasteiger partial charge in [0.25, 0.3) is 0 Å². The van der Waals surface area contributed by atoms with E-state index in [-0.39, 0.29) is 24.8 Å². The maximum absolute atomic E-state index is 2.40. The van der Waals surface area contributed by atoms with Crippen molar-refractivity contribution in [3.05, 3.63) is 21.6 Å². The number of halogens is 2. The van der Waals surface area contributed by atoms with E-state index in [4.69, 9.17) is 0 Å². The van der Waals surface area contributed by atoms with Crippen molar-refractivity contribution in [1.82, 2.24) is 4.90 Å². The molecular formula is C12H20Cl2NTi. The van der Waals surface area contributed by atoms with Crippen molar-refractivity contribution in [2.24, 2.45) is 5.41 Å². The van der Waals surface area contributed by atoms with Crippen LogP contribution in [0.1, 0.15) is 26.7 Å². The standard InChI is InChI=1S/C12H20N.2ClH.Ti/c1-12(2)8-5-11(6-9-12)7-10-13(3)4;;;/h5-6H,7-8,10H2,1-4H3;2*1H;/q;;;+2/p-2. The number of rotatable bonds is 3. The van der Waals surface area contributed by atoms with Crippen molar-refractivity contribution >= 4 is 0 Å². The van der Waals surface area contributed by atoms with Gasteiger partial charge < -0.3 is 24.8 Å². The van der Waals surface area contributed by atoms with Crippen LogP contribution in [0.5, 0.6) is 0 Å². The van der Waals surface area contributed by atoms with Gasteiger partial charge in [0, 0.05) is 0 Å². The van der Waals surface area contributed by atoms with Crippen LogP contribution in [-0.4, -0.2) is 25.5 Å². The fourth-order valence-electron chi connectivity index (χ4n) is 1.46. The molecule has 0 fully saturated rings. The first kappa shape index (κ1) is 19.1. The first-order chi connectivity index (χ1) is 6.42. The van der Waals surface area contributed by atoms with Gasteiger partial charge >= 0.3 is 99.7 Å². The van der Waals surface area contributed by atoms with Gasteiger partial charge in [0.2, 0.25) is 0 Å². The van der Waals surface area contributed by atoms with E-state index in [1.165, 1.54) is 22.3 Å². The molecule has 0 saturated carbocycles. The van der Waals surface area contributed by atoms with Crippen molar-refractivity contribution in [1.29, 1.82) is 0 Å². The summed E-state index contributed by atoms with van der Waals surface area (Å²) >= 11 is 2.25. The van der Waals surface area contributed by atoms with Gasteiger partial charge in [-0.25, -0.2) is 0 Å². The van der Waals surface area contributed by atoms with Crippen LogP contribution in [0.25, 0.3) is 0 Å². The molecule has 0 aromatic heterocycles. The van der Waals surface area contributed by atoms with Crippen LogP contribution < -0.4 is 24.8 Å². The van der Waals surface area contributed by atoms with E-state index in [1.807, 2.05) is 0 Å². The number of hydrogen-bond acceptors (Lipinski definition) is 1. The summed E-state index contributed by atoms with van der Waals surface area (Å²) in [5.41, 5.74) is 1.89. The summed E-state index contributed by atoms with van der Waals surface area (Å²) in [7, 11) is 4.26. The molecule has 0 saturated heterocycles. The average Bonchev–Trinajstić information content (AvgIpc) is 2.07. The van der Waals surface area contributed by atoms with E-state index >= 15 is 0 Å². The Balaban J connectivity index is 0. The molecule has 0 aromatic carbocycles. The minimum absolute atomic E-state index is 0. The third-order valence-electron chi connectivity index (χ3n) is 2.78. The molecule has 1 aliphatic carbocycles. The predicted molar refractivity (Wildman–Crippen MR) is 57.7 cm³/mol. The summed E-state index contributed by atoms with van der Waals surface area (Å²) in [5.74, 6) is 0. The topological polar surface area (TPSA) is 3.24 Å². The van der Waals surface area contributed by atoms with Crippen LogP contribution in [0.4, 0.5) is 0 Å². The molecule has 0 heterocycles. The summed E-state index contributed by atoms with van der Waals surface area (Å²) in [6.45, 7) is 5.78. The zero-order valence-electron chi connectivity index (χ0n) is 10.5. The van der Waals surface area contributed by atoms with Gasteiger partial charge in [-0.05, 0) is 0 Å². The first-order valence-electron chi connectivity index (χ1n) is 5.19. The Morgan fingerprint density at radius 2 is 1.88 bits per heavy atom. The molecule has 0 unspecified atom stereocenters. The second-order valence-corrected chi connectivity index (χ2v) is 5.82. The van der Waals surface area contributed by atoms with Crippen LogP contribution >= 0.6 is 0 Å². The molecule has 0 bridgehead atoms. The van der Waals surface area contributed by atoms with Gasteiger partial charge in [0.15, 0.2) is 0 Å². The first-order valence-corrected chi connectivity index (χ1v) is 5.97. The fourth-order valence-corrected chi connectivity index (χ4v) is 1.91. The molecule has 1 rings (SSSR count). The molecule has 0 radical (unpaired) electrons. The molecule has 16 heavy (non-hydrogen) atoms. The maximum Gasteiger partial charge on any atom is -1.00 e. The van der Waals surface area contributed by atoms with Crippen LogP contribution in [0.3, 0.4) is 0 Å². The Morgan fingerprint density at radius 1 is 1.31 bits per heavy atom. The van der Waals surface area contributed by atoms with Gasteiger partial charge in [-0.3, -0.25) is 0 Å². The third kappa shape index (κ3) is 5.88. The fraction of sp³-hybridized carbons (Fsp3) is 0.667. The van der Waals surface area contributed by atoms with Crippen LogP contribution in [-0.2, 0) is 20.4 Å². The van der Waals surface area contributed by atoms with E-state index in [9.17, 15) is 0 Å². The predicted octanol–water partition coefficient (Wildman–Crippen LogP) is -3.27. The number of hydrogen-bond donors (Lipinski definition) is 0. The Morgan fingerprint density at radius 3 is 2.31 bits per heavy atom. The van der Waals surface area contributed by atoms with Crippen molar-refractivity contribution in [3.8, 4) is 0 Å². The molecule has 0 aliphatic heterocycles. The van der Waals surface area contributed by atoms with Crippen molar-refractivity contribution in [2.75, 3.05) is 20.6 Å². The average molecular weight is 297 g/mol. The smallest absolute Gasteiger partial charge is 1.00 e. The molecule has 1 aliphatic rings. The van der Waals surface area contributed by atoms with Gasteiger partial charge in [0.1, 0.15) is 0 Å². The second kappa shape index (κ2) is 7.95. The van der Waals surface area contributed by atoms with Crippen LogP contribution in [0, 0.1) is 5.41 Å². The maximum atomic E-state index is 2.40. The van der Waals surface area contributed by atoms with E-state index in [2.05, 4.69) is 65.4 Å². The van der Waals surface area contributed by atoms with E-state index in [0.29, 0.717) is 5.41 Å². The summed E-state index contributed by atoms with van der Waals surface area (Å²) in [4.78, 5) is 2.24. The normalized spacial score (nSPS) is 18.2. The van der Waals surface area contributed by atoms with Crippen LogP contribution in [0.2, 0.25) is 0 Å². The third-order valence-corrected chi connectivity index (χ3v) is 4.06. The molecule has 4 heteroatoms. The molecule has 0 amide bonds. The SMILES string of the molecule is CN(C)CCC1=CCC(C)(C)[C]([Ti+2])=C1.[Cl-].[Cl-]. The van der Waals surface area contributed by atoms with E-state index < -0.39 is 0 Å². The molecule has 0 atom stereocenters. The van der Waals surface area contributed by atoms with Gasteiger partial charge in [-0.15, -0.1) is 0 Å². The van der Waals surface area contributed by atoms with E-state index in [0.717, 1.165) is 6.54 Å². The van der Waals surface area contributed by atoms with E-state index in [1.54, 1.807) is 0 Å². The van der Waals surface area contributed by atoms with Crippen LogP contribution in [0.15, 0.2) is 21.6 Å². The largest absolute Gasteiger partial charge is 1.00 e. The molecule has 0 N–H and O–H groups in total. The monoisotopic (exact) mass is 296 g/mol. The molecule has 0 spiro atoms. The van der Waals surface area contributed by atoms with Gasteiger partial charge in [0.05, 0.1) is 0 Å². The molecule has 91 valence electrons. The van der Waals surface area contributed by atoms with Crippen molar-refractivity contribution in [3.63, 3.8) is 0 Å². The molecule has 0 aromatic rings. The Kier molecular flexibility index (Phi) is 9.48. The van der Waals surface area contributed by atoms with Gasteiger partial charge in [-0.2, -0.15) is 0 Å². The zero-order chi connectivity index (χ0) is 10.8. The number of allylic oxidation sites excluding steroid dienone is 3. The minimum Gasteiger partial charge on any atom is -1.00 e. The molecule has 1 nitrogen and oxygen atoms in total. The summed E-state index contributed by atoms with van der Waals surface area (Å²) < 4.78 is 1.52. The molecular weight excluding hydrogens is 277 g/mol. The number of nitrogens with zero attached hydrogens (tertiary/aromatic N) is 1. The summed E-state index contributed by atoms with van der Waals surface area (Å²) in [6, 6.07) is 0. The minimum atomic E-state index is 0. The Hall–Kier alpha value is 0.734.